The van der Waals surface area contributed by atoms with Crippen LogP contribution in [0.25, 0.3) is 0 Å². The summed E-state index contributed by atoms with van der Waals surface area (Å²) in [5.41, 5.74) is -0.00667. The quantitative estimate of drug-likeness (QED) is 0.283. The Balaban J connectivity index is 1.54. The molecule has 35 heavy (non-hydrogen) atoms. The molecule has 1 unspecified atom stereocenters. The highest BCUT2D eigenvalue weighted by molar-refractivity contribution is 5.81. The van der Waals surface area contributed by atoms with Crippen molar-refractivity contribution in [2.75, 3.05) is 19.8 Å². The van der Waals surface area contributed by atoms with Crippen molar-refractivity contribution in [1.82, 2.24) is 0 Å². The number of fused-ring (bicyclic) bond motifs is 3. The Labute approximate surface area is 206 Å². The van der Waals surface area contributed by atoms with Gasteiger partial charge in [0.15, 0.2) is 6.29 Å². The van der Waals surface area contributed by atoms with Crippen LogP contribution in [0.3, 0.4) is 0 Å². The third-order valence-electron chi connectivity index (χ3n) is 9.63. The van der Waals surface area contributed by atoms with E-state index >= 15 is 0 Å². The first kappa shape index (κ1) is 27.1. The molecule has 9 nitrogen and oxygen atoms in total. The van der Waals surface area contributed by atoms with Crippen LogP contribution in [0.2, 0.25) is 0 Å². The predicted octanol–water partition coefficient (Wildman–Crippen LogP) is 0.284. The molecule has 3 fully saturated rings. The smallest absolute Gasteiger partial charge is 0.186 e. The van der Waals surface area contributed by atoms with E-state index < -0.39 is 54.2 Å². The Morgan fingerprint density at radius 2 is 1.80 bits per heavy atom. The van der Waals surface area contributed by atoms with Crippen molar-refractivity contribution < 1.29 is 44.9 Å². The number of ketones is 1. The fourth-order valence-electron chi connectivity index (χ4n) is 7.67. The number of hydrogen-bond donors (Lipinski definition) is 6. The molecule has 6 N–H and O–H groups in total. The van der Waals surface area contributed by atoms with Gasteiger partial charge in [0.05, 0.1) is 25.9 Å². The maximum atomic E-state index is 13.1. The minimum Gasteiger partial charge on any atom is -0.394 e. The molecule has 0 radical (unpaired) electrons. The minimum atomic E-state index is -1.51. The van der Waals surface area contributed by atoms with Gasteiger partial charge in [-0.05, 0) is 42.9 Å². The van der Waals surface area contributed by atoms with Crippen molar-refractivity contribution in [3.63, 3.8) is 0 Å². The summed E-state index contributed by atoms with van der Waals surface area (Å²) < 4.78 is 11.5. The van der Waals surface area contributed by atoms with Crippen LogP contribution in [0.15, 0.2) is 11.6 Å². The van der Waals surface area contributed by atoms with Gasteiger partial charge in [0.2, 0.25) is 0 Å². The zero-order valence-electron chi connectivity index (χ0n) is 21.0. The third-order valence-corrected chi connectivity index (χ3v) is 9.63. The Morgan fingerprint density at radius 1 is 1.09 bits per heavy atom. The normalized spacial score (nSPS) is 49.1. The molecule has 0 bridgehead atoms. The SMILES string of the molecule is C[C@@]1(CO[C@@H]2O[C@H](CO)[C@@H](O)[C@H](O)[C@H]2O)CC(=O)C[C@@]2(C)[C@@H]3CC[C@](C)(C(O)CO)C=C3CC[C@H]12. The highest BCUT2D eigenvalue weighted by Gasteiger charge is 2.59. The fraction of sp³-hybridized carbons (Fsp3) is 0.885. The number of allylic oxidation sites excluding steroid dienone is 1. The number of ether oxygens (including phenoxy) is 2. The summed E-state index contributed by atoms with van der Waals surface area (Å²) in [6, 6.07) is 0. The highest BCUT2D eigenvalue weighted by Crippen LogP contribution is 2.63. The topological polar surface area (TPSA) is 157 Å². The second kappa shape index (κ2) is 9.76. The van der Waals surface area contributed by atoms with E-state index in [9.17, 15) is 35.4 Å². The number of hydrogen-bond acceptors (Lipinski definition) is 9. The molecular weight excluding hydrogens is 456 g/mol. The standard InChI is InChI=1S/C26H42O9/c1-24(19(30)12-28)7-6-16-14(8-24)4-5-18-25(2,9-15(29)10-26(16,18)3)13-34-23-22(33)21(32)20(31)17(11-27)35-23/h8,16-23,27-28,30-33H,4-7,9-13H2,1-3H3/t16-,17-,18-,19?,20-,21+,22-,23-,24+,25+,26+/m1/s1. The second-order valence-corrected chi connectivity index (χ2v) is 12.2. The molecule has 0 aromatic rings. The van der Waals surface area contributed by atoms with E-state index in [4.69, 9.17) is 9.47 Å². The molecule has 4 aliphatic rings. The molecule has 0 amide bonds. The van der Waals surface area contributed by atoms with Crippen molar-refractivity contribution in [1.29, 1.82) is 0 Å². The zero-order chi connectivity index (χ0) is 25.8. The molecule has 4 rings (SSSR count). The van der Waals surface area contributed by atoms with Crippen LogP contribution in [0.1, 0.15) is 59.3 Å². The molecule has 3 aliphatic carbocycles. The number of carbonyl (C=O) groups excluding carboxylic acids is 1. The van der Waals surface area contributed by atoms with E-state index in [1.54, 1.807) is 0 Å². The summed E-state index contributed by atoms with van der Waals surface area (Å²) in [5, 5.41) is 59.9. The van der Waals surface area contributed by atoms with Gasteiger partial charge in [-0.15, -0.1) is 0 Å². The first-order valence-corrected chi connectivity index (χ1v) is 12.8. The van der Waals surface area contributed by atoms with Crippen LogP contribution in [0.4, 0.5) is 0 Å². The van der Waals surface area contributed by atoms with E-state index in [-0.39, 0.29) is 36.2 Å². The monoisotopic (exact) mass is 498 g/mol. The average molecular weight is 499 g/mol. The number of aliphatic hydroxyl groups excluding tert-OH is 6. The summed E-state index contributed by atoms with van der Waals surface area (Å²) in [6.45, 7) is 5.53. The van der Waals surface area contributed by atoms with E-state index in [1.807, 2.05) is 13.8 Å². The zero-order valence-corrected chi connectivity index (χ0v) is 21.0. The van der Waals surface area contributed by atoms with Gasteiger partial charge in [-0.3, -0.25) is 4.79 Å². The van der Waals surface area contributed by atoms with E-state index in [1.165, 1.54) is 5.57 Å². The molecule has 0 spiro atoms. The van der Waals surface area contributed by atoms with Gasteiger partial charge in [-0.1, -0.05) is 32.4 Å². The van der Waals surface area contributed by atoms with Gasteiger partial charge in [0.1, 0.15) is 30.2 Å². The van der Waals surface area contributed by atoms with E-state index in [0.717, 1.165) is 25.7 Å². The molecular formula is C26H42O9. The Kier molecular flexibility index (Phi) is 7.57. The molecule has 1 aliphatic heterocycles. The van der Waals surface area contributed by atoms with Crippen molar-refractivity contribution in [3.05, 3.63) is 11.6 Å². The Morgan fingerprint density at radius 3 is 2.46 bits per heavy atom. The molecule has 9 heteroatoms. The Hall–Kier alpha value is -0.910. The fourth-order valence-corrected chi connectivity index (χ4v) is 7.67. The first-order valence-electron chi connectivity index (χ1n) is 12.8. The van der Waals surface area contributed by atoms with Crippen LogP contribution >= 0.6 is 0 Å². The lowest BCUT2D eigenvalue weighted by atomic mass is 9.45. The van der Waals surface area contributed by atoms with Gasteiger partial charge in [-0.25, -0.2) is 0 Å². The molecule has 0 aromatic carbocycles. The van der Waals surface area contributed by atoms with Crippen LogP contribution in [0, 0.1) is 28.1 Å². The summed E-state index contributed by atoms with van der Waals surface area (Å²) in [5.74, 6) is 0.538. The third kappa shape index (κ3) is 4.63. The molecule has 2 saturated carbocycles. The number of rotatable bonds is 6. The van der Waals surface area contributed by atoms with Crippen LogP contribution in [0.5, 0.6) is 0 Å². The van der Waals surface area contributed by atoms with Gasteiger partial charge in [-0.2, -0.15) is 0 Å². The largest absolute Gasteiger partial charge is 0.394 e. The molecule has 1 heterocycles. The summed E-state index contributed by atoms with van der Waals surface area (Å²) in [7, 11) is 0. The lowest BCUT2D eigenvalue weighted by molar-refractivity contribution is -0.309. The van der Waals surface area contributed by atoms with E-state index in [0.29, 0.717) is 12.8 Å². The van der Waals surface area contributed by atoms with Gasteiger partial charge < -0.3 is 40.1 Å². The van der Waals surface area contributed by atoms with Crippen molar-refractivity contribution in [3.8, 4) is 0 Å². The summed E-state index contributed by atoms with van der Waals surface area (Å²) in [4.78, 5) is 13.1. The molecule has 0 aromatic heterocycles. The number of carbonyl (C=O) groups is 1. The number of Topliss-reactive ketones (excluding diaryl/α,β-unsaturated/α-hetero) is 1. The van der Waals surface area contributed by atoms with Crippen LogP contribution in [-0.4, -0.2) is 93.1 Å². The highest BCUT2D eigenvalue weighted by atomic mass is 16.7. The van der Waals surface area contributed by atoms with Gasteiger partial charge in [0.25, 0.3) is 0 Å². The summed E-state index contributed by atoms with van der Waals surface area (Å²) in [6.07, 6.45) is -1.27. The van der Waals surface area contributed by atoms with Crippen molar-refractivity contribution in [2.24, 2.45) is 28.1 Å². The average Bonchev–Trinajstić information content (AvgIpc) is 2.80. The maximum absolute atomic E-state index is 13.1. The van der Waals surface area contributed by atoms with E-state index in [2.05, 4.69) is 13.0 Å². The van der Waals surface area contributed by atoms with Crippen LogP contribution in [-0.2, 0) is 14.3 Å². The molecule has 11 atom stereocenters. The van der Waals surface area contributed by atoms with Crippen LogP contribution < -0.4 is 0 Å². The second-order valence-electron chi connectivity index (χ2n) is 12.2. The van der Waals surface area contributed by atoms with Gasteiger partial charge in [0, 0.05) is 23.7 Å². The lowest BCUT2D eigenvalue weighted by Crippen LogP contribution is -2.60. The minimum absolute atomic E-state index is 0.133. The maximum Gasteiger partial charge on any atom is 0.186 e. The lowest BCUT2D eigenvalue weighted by Gasteiger charge is -2.60. The summed E-state index contributed by atoms with van der Waals surface area (Å²) >= 11 is 0. The predicted molar refractivity (Wildman–Crippen MR) is 125 cm³/mol. The molecule has 1 saturated heterocycles. The van der Waals surface area contributed by atoms with Crippen molar-refractivity contribution in [2.45, 2.75) is 96.1 Å². The Bertz CT molecular complexity index is 830. The van der Waals surface area contributed by atoms with Gasteiger partial charge >= 0.3 is 0 Å². The first-order chi connectivity index (χ1) is 16.4. The molecule has 200 valence electrons. The van der Waals surface area contributed by atoms with Crippen molar-refractivity contribution >= 4 is 5.78 Å². The number of aliphatic hydroxyl groups is 6.